The zero-order valence-corrected chi connectivity index (χ0v) is 20.2. The van der Waals surface area contributed by atoms with Crippen molar-refractivity contribution in [1.29, 1.82) is 0 Å². The summed E-state index contributed by atoms with van der Waals surface area (Å²) in [6, 6.07) is 14.7. The molecule has 0 aromatic heterocycles. The molecule has 9 heteroatoms. The molecule has 1 spiro atoms. The van der Waals surface area contributed by atoms with Gasteiger partial charge >= 0.3 is 11.9 Å². The molecular weight excluding hydrogens is 448 g/mol. The lowest BCUT2D eigenvalue weighted by Gasteiger charge is -2.55. The number of ether oxygens (including phenoxy) is 2. The third kappa shape index (κ3) is 3.17. The molecule has 0 saturated heterocycles. The van der Waals surface area contributed by atoms with Gasteiger partial charge in [0.15, 0.2) is 8.07 Å². The fourth-order valence-corrected chi connectivity index (χ4v) is 12.6. The largest absolute Gasteiger partial charge is 0.425 e. The van der Waals surface area contributed by atoms with Crippen molar-refractivity contribution in [2.75, 3.05) is 24.0 Å². The van der Waals surface area contributed by atoms with Gasteiger partial charge in [0.1, 0.15) is 21.8 Å². The van der Waals surface area contributed by atoms with E-state index >= 15 is 0 Å². The molecular formula is C22H26N2O4S2Si. The van der Waals surface area contributed by atoms with E-state index < -0.39 is 30.3 Å². The smallest absolute Gasteiger partial charge is 0.329 e. The molecule has 2 aromatic rings. The Kier molecular flexibility index (Phi) is 5.99. The standard InChI is InChI=1S/C22H26N2O4S2Si/c1-29-13-11-21(23)19(25)27-15-3-7-17(8-4-15)31(21)18-9-5-16(6-10-18)28-20(26)22(31,24)12-14-30-2/h3-10H,11-14,23-24H2,1-2H3. The van der Waals surface area contributed by atoms with Crippen molar-refractivity contribution in [3.8, 4) is 11.5 Å². The van der Waals surface area contributed by atoms with Crippen LogP contribution in [-0.2, 0) is 9.59 Å². The first-order chi connectivity index (χ1) is 14.8. The lowest BCUT2D eigenvalue weighted by molar-refractivity contribution is -0.139. The molecule has 4 heterocycles. The lowest BCUT2D eigenvalue weighted by Crippen LogP contribution is -2.93. The maximum Gasteiger partial charge on any atom is 0.329 e. The molecule has 4 aliphatic heterocycles. The number of thioether (sulfide) groups is 2. The van der Waals surface area contributed by atoms with Gasteiger partial charge in [0.2, 0.25) is 0 Å². The van der Waals surface area contributed by atoms with Gasteiger partial charge in [-0.1, -0.05) is 24.3 Å². The molecule has 2 atom stereocenters. The molecule has 0 fully saturated rings. The zero-order valence-electron chi connectivity index (χ0n) is 17.6. The Labute approximate surface area is 191 Å². The van der Waals surface area contributed by atoms with Crippen molar-refractivity contribution in [3.05, 3.63) is 48.5 Å². The molecule has 2 unspecified atom stereocenters. The van der Waals surface area contributed by atoms with Gasteiger partial charge in [-0.2, -0.15) is 23.5 Å². The van der Waals surface area contributed by atoms with Crippen LogP contribution in [0.3, 0.4) is 0 Å². The average molecular weight is 475 g/mol. The zero-order chi connectivity index (χ0) is 22.3. The summed E-state index contributed by atoms with van der Waals surface area (Å²) in [7, 11) is -3.59. The number of benzene rings is 2. The van der Waals surface area contributed by atoms with Crippen LogP contribution in [0.4, 0.5) is 0 Å². The maximum atomic E-state index is 13.7. The van der Waals surface area contributed by atoms with E-state index in [0.717, 1.165) is 10.4 Å². The van der Waals surface area contributed by atoms with E-state index in [0.29, 0.717) is 35.8 Å². The summed E-state index contributed by atoms with van der Waals surface area (Å²) in [5.41, 5.74) is 14.3. The van der Waals surface area contributed by atoms with Gasteiger partial charge in [-0.05, 0) is 71.5 Å². The van der Waals surface area contributed by atoms with E-state index in [1.165, 1.54) is 0 Å². The number of carbonyl (C=O) groups excluding carboxylic acids is 2. The molecule has 2 aromatic carbocycles. The van der Waals surface area contributed by atoms with Crippen LogP contribution in [0.15, 0.2) is 48.5 Å². The minimum Gasteiger partial charge on any atom is -0.425 e. The fourth-order valence-electron chi connectivity index (χ4n) is 4.95. The second-order valence-electron chi connectivity index (χ2n) is 8.01. The lowest BCUT2D eigenvalue weighted by atomic mass is 10.2. The van der Waals surface area contributed by atoms with Gasteiger partial charge in [0, 0.05) is 0 Å². The third-order valence-electron chi connectivity index (χ3n) is 6.46. The molecule has 0 saturated carbocycles. The molecule has 31 heavy (non-hydrogen) atoms. The van der Waals surface area contributed by atoms with Gasteiger partial charge < -0.3 is 20.9 Å². The predicted molar refractivity (Wildman–Crippen MR) is 129 cm³/mol. The van der Waals surface area contributed by atoms with Crippen LogP contribution in [-0.4, -0.2) is 54.4 Å². The quantitative estimate of drug-likeness (QED) is 0.364. The number of fused-ring (bicyclic) bond motifs is 8. The number of hydrogen-bond acceptors (Lipinski definition) is 8. The molecule has 6 nitrogen and oxygen atoms in total. The van der Waals surface area contributed by atoms with Crippen LogP contribution in [0, 0.1) is 0 Å². The molecule has 164 valence electrons. The van der Waals surface area contributed by atoms with Crippen LogP contribution in [0.2, 0.25) is 0 Å². The summed E-state index contributed by atoms with van der Waals surface area (Å²) in [4.78, 5) is 27.4. The highest BCUT2D eigenvalue weighted by Gasteiger charge is 2.71. The highest BCUT2D eigenvalue weighted by atomic mass is 32.2. The van der Waals surface area contributed by atoms with Gasteiger partial charge in [-0.25, -0.2) is 9.59 Å². The summed E-state index contributed by atoms with van der Waals surface area (Å²) in [6.07, 6.45) is 4.60. The minimum atomic E-state index is -3.59. The van der Waals surface area contributed by atoms with E-state index in [4.69, 9.17) is 20.9 Å². The third-order valence-corrected chi connectivity index (χ3v) is 13.7. The van der Waals surface area contributed by atoms with E-state index in [1.54, 1.807) is 47.8 Å². The predicted octanol–water partition coefficient (Wildman–Crippen LogP) is 1.07. The van der Waals surface area contributed by atoms with E-state index in [-0.39, 0.29) is 0 Å². The Morgan fingerprint density at radius 2 is 1.10 bits per heavy atom. The van der Waals surface area contributed by atoms with E-state index in [9.17, 15) is 9.59 Å². The van der Waals surface area contributed by atoms with Crippen LogP contribution in [0.5, 0.6) is 11.5 Å². The van der Waals surface area contributed by atoms with Gasteiger partial charge in [0.25, 0.3) is 0 Å². The molecule has 0 amide bonds. The van der Waals surface area contributed by atoms with Crippen molar-refractivity contribution < 1.29 is 19.1 Å². The summed E-state index contributed by atoms with van der Waals surface area (Å²) in [5, 5.41) is -1.24. The topological polar surface area (TPSA) is 105 Å². The first-order valence-electron chi connectivity index (χ1n) is 10.0. The summed E-state index contributed by atoms with van der Waals surface area (Å²) in [6.45, 7) is 0. The van der Waals surface area contributed by atoms with Crippen molar-refractivity contribution >= 4 is 53.9 Å². The molecule has 6 rings (SSSR count). The number of carbonyl (C=O) groups is 2. The monoisotopic (exact) mass is 474 g/mol. The van der Waals surface area contributed by atoms with Crippen LogP contribution < -0.4 is 31.3 Å². The molecule has 4 bridgehead atoms. The SMILES string of the molecule is CSCCC1(N)C(=O)Oc2ccc(cc2)[Si]12c1ccc(cc1)OC(=O)C2(N)CCSC. The molecule has 0 aliphatic carbocycles. The van der Waals surface area contributed by atoms with Crippen molar-refractivity contribution in [3.63, 3.8) is 0 Å². The number of nitrogens with two attached hydrogens (primary N) is 2. The Balaban J connectivity index is 2.15. The van der Waals surface area contributed by atoms with Crippen LogP contribution >= 0.6 is 23.5 Å². The van der Waals surface area contributed by atoms with Gasteiger partial charge in [0.05, 0.1) is 0 Å². The summed E-state index contributed by atoms with van der Waals surface area (Å²) < 4.78 is 11.5. The number of rotatable bonds is 6. The highest BCUT2D eigenvalue weighted by Crippen LogP contribution is 2.39. The number of hydrogen-bond donors (Lipinski definition) is 2. The van der Waals surface area contributed by atoms with Crippen molar-refractivity contribution in [2.24, 2.45) is 11.5 Å². The van der Waals surface area contributed by atoms with Crippen LogP contribution in [0.1, 0.15) is 12.8 Å². The fraction of sp³-hybridized carbons (Fsp3) is 0.364. The van der Waals surface area contributed by atoms with Crippen molar-refractivity contribution in [2.45, 2.75) is 23.2 Å². The Bertz CT molecular complexity index is 920. The Morgan fingerprint density at radius 3 is 1.42 bits per heavy atom. The maximum absolute atomic E-state index is 13.7. The molecule has 4 aliphatic rings. The second kappa shape index (κ2) is 8.29. The summed E-state index contributed by atoms with van der Waals surface area (Å²) >= 11 is 3.19. The Morgan fingerprint density at radius 1 is 0.742 bits per heavy atom. The Hall–Kier alpha value is -1.78. The second-order valence-corrected chi connectivity index (χ2v) is 14.4. The van der Waals surface area contributed by atoms with E-state index in [2.05, 4.69) is 0 Å². The highest BCUT2D eigenvalue weighted by molar-refractivity contribution is 7.98. The van der Waals surface area contributed by atoms with Crippen molar-refractivity contribution in [1.82, 2.24) is 0 Å². The number of esters is 2. The summed E-state index contributed by atoms with van der Waals surface area (Å²) in [5.74, 6) is 1.06. The first kappa shape index (κ1) is 22.4. The van der Waals surface area contributed by atoms with Gasteiger partial charge in [-0.3, -0.25) is 0 Å². The first-order valence-corrected chi connectivity index (χ1v) is 14.8. The molecule has 0 radical (unpaired) electrons. The normalized spacial score (nSPS) is 29.2. The van der Waals surface area contributed by atoms with E-state index in [1.807, 2.05) is 36.8 Å². The van der Waals surface area contributed by atoms with Gasteiger partial charge in [-0.15, -0.1) is 0 Å². The van der Waals surface area contributed by atoms with Crippen LogP contribution in [0.25, 0.3) is 0 Å². The average Bonchev–Trinajstić information content (AvgIpc) is 2.77. The minimum absolute atomic E-state index is 0.338. The molecule has 4 N–H and O–H groups in total.